The minimum Gasteiger partial charge on any atom is -0.466 e. The van der Waals surface area contributed by atoms with Crippen molar-refractivity contribution in [2.24, 2.45) is 0 Å². The van der Waals surface area contributed by atoms with Crippen molar-refractivity contribution in [1.82, 2.24) is 4.98 Å². The summed E-state index contributed by atoms with van der Waals surface area (Å²) in [7, 11) is 0. The van der Waals surface area contributed by atoms with E-state index in [0.29, 0.717) is 11.0 Å². The highest BCUT2D eigenvalue weighted by atomic mass is 79.9. The maximum Gasteiger partial charge on any atom is 0.310 e. The lowest BCUT2D eigenvalue weighted by atomic mass is 10.0. The third-order valence-electron chi connectivity index (χ3n) is 2.24. The first-order chi connectivity index (χ1) is 8.51. The van der Waals surface area contributed by atoms with Crippen LogP contribution in [0.1, 0.15) is 30.2 Å². The normalized spacial score (nSPS) is 10.8. The highest BCUT2D eigenvalue weighted by Crippen LogP contribution is 2.32. The highest BCUT2D eigenvalue weighted by molar-refractivity contribution is 9.10. The van der Waals surface area contributed by atoms with Crippen LogP contribution in [0.3, 0.4) is 0 Å². The monoisotopic (exact) mass is 385 g/mol. The molecule has 0 saturated heterocycles. The van der Waals surface area contributed by atoms with Crippen molar-refractivity contribution in [3.63, 3.8) is 0 Å². The number of halogens is 4. The topological polar surface area (TPSA) is 39.2 Å². The van der Waals surface area contributed by atoms with Crippen molar-refractivity contribution in [1.29, 1.82) is 0 Å². The van der Waals surface area contributed by atoms with Crippen LogP contribution in [0.15, 0.2) is 10.7 Å². The fraction of sp³-hybridized carbons (Fsp3) is 0.455. The third-order valence-corrected chi connectivity index (χ3v) is 3.40. The molecule has 0 saturated carbocycles. The van der Waals surface area contributed by atoms with Crippen LogP contribution in [0, 0.1) is 0 Å². The zero-order valence-electron chi connectivity index (χ0n) is 9.55. The lowest BCUT2D eigenvalue weighted by Crippen LogP contribution is -2.13. The van der Waals surface area contributed by atoms with Crippen LogP contribution < -0.4 is 0 Å². The zero-order chi connectivity index (χ0) is 13.7. The molecule has 0 aromatic carbocycles. The van der Waals surface area contributed by atoms with Crippen molar-refractivity contribution in [2.75, 3.05) is 6.61 Å². The Kier molecular flexibility index (Phi) is 6.14. The van der Waals surface area contributed by atoms with Gasteiger partial charge in [0.25, 0.3) is 6.43 Å². The average molecular weight is 387 g/mol. The summed E-state index contributed by atoms with van der Waals surface area (Å²) in [4.78, 5) is 15.5. The molecule has 0 spiro atoms. The summed E-state index contributed by atoms with van der Waals surface area (Å²) < 4.78 is 31.0. The van der Waals surface area contributed by atoms with Gasteiger partial charge in [0.15, 0.2) is 0 Å². The number of alkyl halides is 3. The van der Waals surface area contributed by atoms with E-state index in [2.05, 4.69) is 36.8 Å². The SMILES string of the molecule is CCOC(=O)Cc1c(CBr)ncc(Br)c1C(F)F. The van der Waals surface area contributed by atoms with Gasteiger partial charge in [-0.05, 0) is 28.4 Å². The Bertz CT molecular complexity index is 441. The molecule has 0 amide bonds. The van der Waals surface area contributed by atoms with Gasteiger partial charge >= 0.3 is 5.97 Å². The number of carbonyl (C=O) groups excluding carboxylic acids is 1. The number of esters is 1. The molecule has 0 aliphatic rings. The van der Waals surface area contributed by atoms with Gasteiger partial charge < -0.3 is 4.74 Å². The van der Waals surface area contributed by atoms with Crippen LogP contribution in [-0.2, 0) is 21.3 Å². The standard InChI is InChI=1S/C11H11Br2F2NO2/c1-2-18-9(17)3-6-8(4-12)16-5-7(13)10(6)11(14)15/h5,11H,2-4H2,1H3. The number of hydrogen-bond acceptors (Lipinski definition) is 3. The van der Waals surface area contributed by atoms with E-state index in [1.54, 1.807) is 6.92 Å². The number of aromatic nitrogens is 1. The Morgan fingerprint density at radius 1 is 1.56 bits per heavy atom. The Morgan fingerprint density at radius 3 is 2.72 bits per heavy atom. The molecular formula is C11H11Br2F2NO2. The minimum atomic E-state index is -2.68. The lowest BCUT2D eigenvalue weighted by Gasteiger charge is -2.13. The van der Waals surface area contributed by atoms with Crippen molar-refractivity contribution in [2.45, 2.75) is 25.1 Å². The van der Waals surface area contributed by atoms with Crippen LogP contribution in [-0.4, -0.2) is 17.6 Å². The van der Waals surface area contributed by atoms with Gasteiger partial charge in [0.05, 0.1) is 18.7 Å². The second-order valence-electron chi connectivity index (χ2n) is 3.36. The van der Waals surface area contributed by atoms with Crippen LogP contribution in [0.25, 0.3) is 0 Å². The van der Waals surface area contributed by atoms with Gasteiger partial charge in [-0.2, -0.15) is 0 Å². The van der Waals surface area contributed by atoms with E-state index < -0.39 is 12.4 Å². The van der Waals surface area contributed by atoms with E-state index in [4.69, 9.17) is 4.74 Å². The van der Waals surface area contributed by atoms with Gasteiger partial charge in [-0.15, -0.1) is 0 Å². The number of ether oxygens (including phenoxy) is 1. The summed E-state index contributed by atoms with van der Waals surface area (Å²) in [6, 6.07) is 0. The predicted molar refractivity (Wildman–Crippen MR) is 69.9 cm³/mol. The van der Waals surface area contributed by atoms with Crippen LogP contribution >= 0.6 is 31.9 Å². The summed E-state index contributed by atoms with van der Waals surface area (Å²) in [6.45, 7) is 1.88. The van der Waals surface area contributed by atoms with Crippen molar-refractivity contribution < 1.29 is 18.3 Å². The molecule has 7 heteroatoms. The maximum atomic E-state index is 13.0. The molecule has 0 atom stereocenters. The smallest absolute Gasteiger partial charge is 0.310 e. The molecule has 18 heavy (non-hydrogen) atoms. The number of nitrogens with zero attached hydrogens (tertiary/aromatic N) is 1. The molecule has 0 aliphatic carbocycles. The van der Waals surface area contributed by atoms with Crippen LogP contribution in [0.5, 0.6) is 0 Å². The van der Waals surface area contributed by atoms with Gasteiger partial charge in [-0.3, -0.25) is 9.78 Å². The molecule has 0 radical (unpaired) electrons. The highest BCUT2D eigenvalue weighted by Gasteiger charge is 2.22. The summed E-state index contributed by atoms with van der Waals surface area (Å²) in [5.41, 5.74) is 0.434. The van der Waals surface area contributed by atoms with E-state index in [1.807, 2.05) is 0 Å². The number of rotatable bonds is 5. The second-order valence-corrected chi connectivity index (χ2v) is 4.78. The van der Waals surface area contributed by atoms with Crippen LogP contribution in [0.2, 0.25) is 0 Å². The number of pyridine rings is 1. The van der Waals surface area contributed by atoms with E-state index in [-0.39, 0.29) is 28.6 Å². The summed E-state index contributed by atoms with van der Waals surface area (Å²) in [5.74, 6) is -0.540. The second kappa shape index (κ2) is 7.13. The zero-order valence-corrected chi connectivity index (χ0v) is 12.7. The largest absolute Gasteiger partial charge is 0.466 e. The molecule has 1 aromatic heterocycles. The molecule has 100 valence electrons. The Morgan fingerprint density at radius 2 is 2.22 bits per heavy atom. The Balaban J connectivity index is 3.19. The third kappa shape index (κ3) is 3.71. The number of carbonyl (C=O) groups is 1. The predicted octanol–water partition coefficient (Wildman–Crippen LogP) is 3.78. The molecule has 0 aliphatic heterocycles. The fourth-order valence-corrected chi connectivity index (χ4v) is 2.48. The van der Waals surface area contributed by atoms with Gasteiger partial charge in [-0.25, -0.2) is 8.78 Å². The molecule has 1 rings (SSSR count). The maximum absolute atomic E-state index is 13.0. The van der Waals surface area contributed by atoms with E-state index in [0.717, 1.165) is 0 Å². The molecule has 1 heterocycles. The number of hydrogen-bond donors (Lipinski definition) is 0. The molecule has 0 bridgehead atoms. The summed E-state index contributed by atoms with van der Waals surface area (Å²) >= 11 is 6.20. The molecular weight excluding hydrogens is 376 g/mol. The Hall–Kier alpha value is -0.560. The summed E-state index contributed by atoms with van der Waals surface area (Å²) in [5, 5.41) is 0.300. The first kappa shape index (κ1) is 15.5. The molecule has 0 unspecified atom stereocenters. The average Bonchev–Trinajstić information content (AvgIpc) is 2.29. The molecule has 0 fully saturated rings. The Labute approximate surface area is 120 Å². The van der Waals surface area contributed by atoms with Crippen LogP contribution in [0.4, 0.5) is 8.78 Å². The minimum absolute atomic E-state index is 0.196. The van der Waals surface area contributed by atoms with Crippen molar-refractivity contribution in [3.05, 3.63) is 27.5 Å². The first-order valence-corrected chi connectivity index (χ1v) is 7.08. The van der Waals surface area contributed by atoms with Gasteiger partial charge in [0.2, 0.25) is 0 Å². The first-order valence-electron chi connectivity index (χ1n) is 5.17. The van der Waals surface area contributed by atoms with Gasteiger partial charge in [0.1, 0.15) is 0 Å². The van der Waals surface area contributed by atoms with Gasteiger partial charge in [-0.1, -0.05) is 15.9 Å². The lowest BCUT2D eigenvalue weighted by molar-refractivity contribution is -0.142. The van der Waals surface area contributed by atoms with Gasteiger partial charge in [0, 0.05) is 21.6 Å². The van der Waals surface area contributed by atoms with Crippen molar-refractivity contribution >= 4 is 37.8 Å². The van der Waals surface area contributed by atoms with E-state index in [1.165, 1.54) is 6.20 Å². The molecule has 0 N–H and O–H groups in total. The molecule has 1 aromatic rings. The summed E-state index contributed by atoms with van der Waals surface area (Å²) in [6.07, 6.45) is -1.57. The fourth-order valence-electron chi connectivity index (χ4n) is 1.49. The van der Waals surface area contributed by atoms with E-state index in [9.17, 15) is 13.6 Å². The van der Waals surface area contributed by atoms with Crippen molar-refractivity contribution in [3.8, 4) is 0 Å². The van der Waals surface area contributed by atoms with E-state index >= 15 is 0 Å². The molecule has 3 nitrogen and oxygen atoms in total. The quantitative estimate of drug-likeness (QED) is 0.571.